The number of nitrogens with zero attached hydrogens (tertiary/aromatic N) is 2. The van der Waals surface area contributed by atoms with Crippen LogP contribution in [0.25, 0.3) is 0 Å². The van der Waals surface area contributed by atoms with E-state index >= 15 is 0 Å². The fourth-order valence-electron chi connectivity index (χ4n) is 4.82. The van der Waals surface area contributed by atoms with Gasteiger partial charge in [0.25, 0.3) is 0 Å². The second-order valence-corrected chi connectivity index (χ2v) is 8.21. The Labute approximate surface area is 165 Å². The van der Waals surface area contributed by atoms with Crippen LogP contribution in [0.15, 0.2) is 18.2 Å². The molecule has 1 aromatic rings. The zero-order chi connectivity index (χ0) is 20.2. The normalized spacial score (nSPS) is 24.0. The molecule has 0 radical (unpaired) electrons. The summed E-state index contributed by atoms with van der Waals surface area (Å²) in [5.74, 6) is 1.52. The zero-order valence-corrected chi connectivity index (χ0v) is 16.9. The Morgan fingerprint density at radius 3 is 2.54 bits per heavy atom. The van der Waals surface area contributed by atoms with Gasteiger partial charge < -0.3 is 14.4 Å². The van der Waals surface area contributed by atoms with Crippen LogP contribution in [0.4, 0.5) is 13.2 Å². The number of hydrogen-bond donors (Lipinski definition) is 0. The van der Waals surface area contributed by atoms with Crippen molar-refractivity contribution in [3.8, 4) is 11.5 Å². The third-order valence-corrected chi connectivity index (χ3v) is 6.07. The average molecular weight is 400 g/mol. The highest BCUT2D eigenvalue weighted by molar-refractivity contribution is 5.46. The van der Waals surface area contributed by atoms with Crippen LogP contribution in [0.2, 0.25) is 0 Å². The Morgan fingerprint density at radius 2 is 1.82 bits per heavy atom. The number of likely N-dealkylation sites (tertiary alicyclic amines) is 2. The van der Waals surface area contributed by atoms with Gasteiger partial charge in [-0.05, 0) is 56.8 Å². The fourth-order valence-corrected chi connectivity index (χ4v) is 4.82. The molecule has 2 saturated heterocycles. The van der Waals surface area contributed by atoms with Gasteiger partial charge in [-0.1, -0.05) is 12.1 Å². The van der Waals surface area contributed by atoms with E-state index in [4.69, 9.17) is 9.47 Å². The van der Waals surface area contributed by atoms with Crippen molar-refractivity contribution in [1.29, 1.82) is 0 Å². The van der Waals surface area contributed by atoms with Gasteiger partial charge >= 0.3 is 6.18 Å². The molecule has 0 saturated carbocycles. The van der Waals surface area contributed by atoms with Crippen LogP contribution in [0.1, 0.15) is 37.7 Å². The molecule has 2 fully saturated rings. The standard InChI is InChI=1S/C21H31F3N2O2/c1-27-18-7-3-6-17(19(18)28-2)14-26-12-4-8-20(16-26)10-13-25(15-20)11-5-9-21(22,23)24/h3,6-7H,4-5,8-16H2,1-2H3. The monoisotopic (exact) mass is 400 g/mol. The Bertz CT molecular complexity index is 653. The van der Waals surface area contributed by atoms with Gasteiger partial charge in [-0.15, -0.1) is 0 Å². The van der Waals surface area contributed by atoms with Crippen molar-refractivity contribution in [1.82, 2.24) is 9.80 Å². The molecule has 2 heterocycles. The van der Waals surface area contributed by atoms with Gasteiger partial charge in [0.05, 0.1) is 14.2 Å². The van der Waals surface area contributed by atoms with Gasteiger partial charge in [-0.3, -0.25) is 4.90 Å². The number of para-hydroxylation sites is 1. The smallest absolute Gasteiger partial charge is 0.389 e. The summed E-state index contributed by atoms with van der Waals surface area (Å²) in [5.41, 5.74) is 1.32. The molecule has 7 heteroatoms. The summed E-state index contributed by atoms with van der Waals surface area (Å²) >= 11 is 0. The Hall–Kier alpha value is -1.47. The lowest BCUT2D eigenvalue weighted by Crippen LogP contribution is -2.44. The molecule has 158 valence electrons. The molecule has 0 amide bonds. The third-order valence-electron chi connectivity index (χ3n) is 6.07. The lowest BCUT2D eigenvalue weighted by Gasteiger charge is -2.40. The SMILES string of the molecule is COc1cccc(CN2CCCC3(CCN(CCCC(F)(F)F)C3)C2)c1OC. The molecule has 1 atom stereocenters. The van der Waals surface area contributed by atoms with E-state index in [-0.39, 0.29) is 11.8 Å². The first-order chi connectivity index (χ1) is 13.3. The van der Waals surface area contributed by atoms with Crippen LogP contribution in [-0.4, -0.2) is 62.9 Å². The van der Waals surface area contributed by atoms with E-state index in [1.165, 1.54) is 0 Å². The summed E-state index contributed by atoms with van der Waals surface area (Å²) in [6.45, 7) is 5.20. The molecule has 28 heavy (non-hydrogen) atoms. The molecule has 0 aromatic heterocycles. The first kappa shape index (κ1) is 21.2. The van der Waals surface area contributed by atoms with Gasteiger partial charge in [-0.2, -0.15) is 13.2 Å². The average Bonchev–Trinajstić information content (AvgIpc) is 3.02. The second-order valence-electron chi connectivity index (χ2n) is 8.21. The van der Waals surface area contributed by atoms with Gasteiger partial charge in [0, 0.05) is 31.6 Å². The molecule has 2 aliphatic rings. The molecular weight excluding hydrogens is 369 g/mol. The molecule has 0 aliphatic carbocycles. The largest absolute Gasteiger partial charge is 0.493 e. The van der Waals surface area contributed by atoms with Gasteiger partial charge in [0.2, 0.25) is 0 Å². The molecule has 2 aliphatic heterocycles. The van der Waals surface area contributed by atoms with Crippen LogP contribution >= 0.6 is 0 Å². The van der Waals surface area contributed by atoms with E-state index in [9.17, 15) is 13.2 Å². The van der Waals surface area contributed by atoms with Crippen LogP contribution in [0, 0.1) is 5.41 Å². The van der Waals surface area contributed by atoms with Crippen molar-refractivity contribution >= 4 is 0 Å². The minimum atomic E-state index is -4.05. The zero-order valence-electron chi connectivity index (χ0n) is 16.9. The van der Waals surface area contributed by atoms with Crippen LogP contribution in [-0.2, 0) is 6.54 Å². The summed E-state index contributed by atoms with van der Waals surface area (Å²) in [6, 6.07) is 5.95. The van der Waals surface area contributed by atoms with Gasteiger partial charge in [-0.25, -0.2) is 0 Å². The van der Waals surface area contributed by atoms with Crippen molar-refractivity contribution in [3.63, 3.8) is 0 Å². The lowest BCUT2D eigenvalue weighted by atomic mass is 9.79. The molecule has 0 bridgehead atoms. The number of hydrogen-bond acceptors (Lipinski definition) is 4. The number of rotatable bonds is 7. The molecule has 3 rings (SSSR count). The topological polar surface area (TPSA) is 24.9 Å². The first-order valence-electron chi connectivity index (χ1n) is 10.1. The number of alkyl halides is 3. The maximum Gasteiger partial charge on any atom is 0.389 e. The number of halogens is 3. The molecule has 0 N–H and O–H groups in total. The molecule has 1 unspecified atom stereocenters. The van der Waals surface area contributed by atoms with Crippen molar-refractivity contribution in [2.75, 3.05) is 46.9 Å². The Morgan fingerprint density at radius 1 is 1.04 bits per heavy atom. The fraction of sp³-hybridized carbons (Fsp3) is 0.714. The second kappa shape index (κ2) is 8.91. The minimum Gasteiger partial charge on any atom is -0.493 e. The molecular formula is C21H31F3N2O2. The van der Waals surface area contributed by atoms with E-state index in [0.717, 1.165) is 69.0 Å². The number of benzene rings is 1. The van der Waals surface area contributed by atoms with E-state index in [1.807, 2.05) is 12.1 Å². The van der Waals surface area contributed by atoms with E-state index in [1.54, 1.807) is 14.2 Å². The highest BCUT2D eigenvalue weighted by Crippen LogP contribution is 2.40. The lowest BCUT2D eigenvalue weighted by molar-refractivity contribution is -0.136. The summed E-state index contributed by atoms with van der Waals surface area (Å²) in [5, 5.41) is 0. The quantitative estimate of drug-likeness (QED) is 0.680. The molecule has 1 spiro atoms. The highest BCUT2D eigenvalue weighted by atomic mass is 19.4. The summed E-state index contributed by atoms with van der Waals surface area (Å²) in [7, 11) is 3.30. The van der Waals surface area contributed by atoms with Gasteiger partial charge in [0.1, 0.15) is 0 Å². The Balaban J connectivity index is 1.58. The van der Waals surface area contributed by atoms with Crippen LogP contribution in [0.3, 0.4) is 0 Å². The number of ether oxygens (including phenoxy) is 2. The maximum absolute atomic E-state index is 12.4. The number of piperidine rings is 1. The predicted molar refractivity (Wildman–Crippen MR) is 103 cm³/mol. The van der Waals surface area contributed by atoms with E-state index < -0.39 is 12.6 Å². The maximum atomic E-state index is 12.4. The van der Waals surface area contributed by atoms with E-state index in [0.29, 0.717) is 6.54 Å². The molecule has 1 aromatic carbocycles. The van der Waals surface area contributed by atoms with E-state index in [2.05, 4.69) is 15.9 Å². The third kappa shape index (κ3) is 5.32. The van der Waals surface area contributed by atoms with Crippen molar-refractivity contribution in [2.24, 2.45) is 5.41 Å². The summed E-state index contributed by atoms with van der Waals surface area (Å²) in [4.78, 5) is 4.68. The minimum absolute atomic E-state index is 0.199. The Kier molecular flexibility index (Phi) is 6.76. The van der Waals surface area contributed by atoms with Crippen molar-refractivity contribution < 1.29 is 22.6 Å². The summed E-state index contributed by atoms with van der Waals surface area (Å²) < 4.78 is 48.2. The van der Waals surface area contributed by atoms with Crippen molar-refractivity contribution in [2.45, 2.75) is 44.8 Å². The van der Waals surface area contributed by atoms with Crippen molar-refractivity contribution in [3.05, 3.63) is 23.8 Å². The first-order valence-corrected chi connectivity index (χ1v) is 10.1. The van der Waals surface area contributed by atoms with Crippen LogP contribution < -0.4 is 9.47 Å². The van der Waals surface area contributed by atoms with Crippen LogP contribution in [0.5, 0.6) is 11.5 Å². The molecule has 4 nitrogen and oxygen atoms in total. The number of methoxy groups -OCH3 is 2. The highest BCUT2D eigenvalue weighted by Gasteiger charge is 2.41. The van der Waals surface area contributed by atoms with Gasteiger partial charge in [0.15, 0.2) is 11.5 Å². The predicted octanol–water partition coefficient (Wildman–Crippen LogP) is 4.33. The summed E-state index contributed by atoms with van der Waals surface area (Å²) in [6.07, 6.45) is -1.17.